The molecule has 0 radical (unpaired) electrons. The summed E-state index contributed by atoms with van der Waals surface area (Å²) in [6.45, 7) is 11.7. The molecule has 0 fully saturated rings. The van der Waals surface area contributed by atoms with Crippen LogP contribution in [0.4, 0.5) is 0 Å². The zero-order valence-electron chi connectivity index (χ0n) is 27.1. The number of fused-ring (bicyclic) bond motifs is 2. The number of thiazole rings is 1. The van der Waals surface area contributed by atoms with Gasteiger partial charge in [0.1, 0.15) is 0 Å². The fourth-order valence-electron chi connectivity index (χ4n) is 6.10. The van der Waals surface area contributed by atoms with E-state index in [1.165, 1.54) is 16.7 Å². The Hall–Kier alpha value is -4.89. The minimum absolute atomic E-state index is 0.0575. The molecule has 0 saturated heterocycles. The van der Waals surface area contributed by atoms with Gasteiger partial charge in [-0.15, -0.1) is 0 Å². The lowest BCUT2D eigenvalue weighted by Gasteiger charge is -2.25. The molecule has 0 bridgehead atoms. The first-order valence-corrected chi connectivity index (χ1v) is 16.1. The maximum absolute atomic E-state index is 14.3. The number of hydrogen-bond acceptors (Lipinski definition) is 7. The SMILES string of the molecule is CCOC(=O)C1=C(C)N=c2s/c(=C\c3cc(C)n(-c4ccc5ccccc5c4)c3C)c(=O)n2[C@H]1c1ccc(OC(C)C)c(OC)c1. The normalized spacial score (nSPS) is 14.9. The molecular formula is C37H37N3O5S. The molecule has 5 aromatic rings. The first-order valence-electron chi connectivity index (χ1n) is 15.3. The van der Waals surface area contributed by atoms with Crippen LogP contribution in [0.5, 0.6) is 11.5 Å². The number of benzene rings is 3. The summed E-state index contributed by atoms with van der Waals surface area (Å²) in [7, 11) is 1.57. The second kappa shape index (κ2) is 12.5. The number of ether oxygens (including phenoxy) is 3. The third kappa shape index (κ3) is 5.56. The number of esters is 1. The molecule has 0 N–H and O–H groups in total. The molecule has 8 nitrogen and oxygen atoms in total. The van der Waals surface area contributed by atoms with Crippen molar-refractivity contribution >= 4 is 34.2 Å². The number of allylic oxidation sites excluding steroid dienone is 1. The van der Waals surface area contributed by atoms with Crippen LogP contribution in [-0.4, -0.2) is 34.9 Å². The van der Waals surface area contributed by atoms with E-state index in [2.05, 4.69) is 54.8 Å². The molecule has 9 heteroatoms. The van der Waals surface area contributed by atoms with Crippen LogP contribution in [0.1, 0.15) is 56.3 Å². The van der Waals surface area contributed by atoms with Gasteiger partial charge >= 0.3 is 5.97 Å². The Bertz CT molecular complexity index is 2200. The van der Waals surface area contributed by atoms with Crippen molar-refractivity contribution in [3.63, 3.8) is 0 Å². The highest BCUT2D eigenvalue weighted by atomic mass is 32.1. The molecule has 0 aliphatic carbocycles. The lowest BCUT2D eigenvalue weighted by molar-refractivity contribution is -0.139. The van der Waals surface area contributed by atoms with Gasteiger partial charge in [-0.2, -0.15) is 0 Å². The highest BCUT2D eigenvalue weighted by molar-refractivity contribution is 7.07. The van der Waals surface area contributed by atoms with Crippen LogP contribution in [0.15, 0.2) is 87.8 Å². The van der Waals surface area contributed by atoms with E-state index < -0.39 is 12.0 Å². The van der Waals surface area contributed by atoms with Crippen LogP contribution in [0, 0.1) is 13.8 Å². The first kappa shape index (κ1) is 31.1. The first-order chi connectivity index (χ1) is 22.1. The van der Waals surface area contributed by atoms with Crippen LogP contribution in [0.2, 0.25) is 0 Å². The molecule has 1 atom stereocenters. The molecule has 0 unspecified atom stereocenters. The van der Waals surface area contributed by atoms with E-state index in [1.807, 2.05) is 50.3 Å². The van der Waals surface area contributed by atoms with E-state index in [4.69, 9.17) is 19.2 Å². The molecule has 1 aliphatic heterocycles. The zero-order valence-corrected chi connectivity index (χ0v) is 27.9. The smallest absolute Gasteiger partial charge is 0.338 e. The molecule has 0 spiro atoms. The number of rotatable bonds is 8. The monoisotopic (exact) mass is 635 g/mol. The molecule has 6 rings (SSSR count). The standard InChI is InChI=1S/C37H37N3O5S/c1-8-44-36(42)33-23(5)38-37-40(34(33)27-14-16-30(45-21(2)3)31(19-27)43-7)35(41)32(46-37)20-28-17-22(4)39(24(28)6)29-15-13-25-11-9-10-12-26(25)18-29/h9-21,34H,8H2,1-7H3/b32-20-/t34-/m0/s1. The van der Waals surface area contributed by atoms with Crippen molar-refractivity contribution in [2.24, 2.45) is 4.99 Å². The van der Waals surface area contributed by atoms with Crippen LogP contribution >= 0.6 is 11.3 Å². The van der Waals surface area contributed by atoms with Gasteiger partial charge in [0.25, 0.3) is 5.56 Å². The predicted molar refractivity (Wildman–Crippen MR) is 182 cm³/mol. The van der Waals surface area contributed by atoms with Crippen LogP contribution in [0.3, 0.4) is 0 Å². The molecule has 2 aromatic heterocycles. The van der Waals surface area contributed by atoms with Crippen molar-refractivity contribution < 1.29 is 19.0 Å². The van der Waals surface area contributed by atoms with Crippen molar-refractivity contribution in [3.8, 4) is 17.2 Å². The van der Waals surface area contributed by atoms with Gasteiger partial charge in [-0.1, -0.05) is 47.7 Å². The van der Waals surface area contributed by atoms with Crippen LogP contribution in [0.25, 0.3) is 22.5 Å². The number of aromatic nitrogens is 2. The number of aryl methyl sites for hydroxylation is 1. The second-order valence-electron chi connectivity index (χ2n) is 11.6. The summed E-state index contributed by atoms with van der Waals surface area (Å²) < 4.78 is 21.4. The van der Waals surface area contributed by atoms with Crippen molar-refractivity contribution in [2.45, 2.75) is 53.7 Å². The average Bonchev–Trinajstić information content (AvgIpc) is 3.49. The average molecular weight is 636 g/mol. The molecule has 46 heavy (non-hydrogen) atoms. The van der Waals surface area contributed by atoms with Gasteiger partial charge in [-0.3, -0.25) is 9.36 Å². The lowest BCUT2D eigenvalue weighted by atomic mass is 9.95. The highest BCUT2D eigenvalue weighted by Crippen LogP contribution is 2.36. The van der Waals surface area contributed by atoms with Gasteiger partial charge in [0.15, 0.2) is 16.3 Å². The number of methoxy groups -OCH3 is 1. The summed E-state index contributed by atoms with van der Waals surface area (Å²) in [6.07, 6.45) is 1.86. The molecule has 3 heterocycles. The number of carbonyl (C=O) groups is 1. The van der Waals surface area contributed by atoms with Gasteiger partial charge in [0.05, 0.1) is 41.7 Å². The van der Waals surface area contributed by atoms with Gasteiger partial charge in [0, 0.05) is 17.1 Å². The van der Waals surface area contributed by atoms with Crippen molar-refractivity contribution in [2.75, 3.05) is 13.7 Å². The van der Waals surface area contributed by atoms with Gasteiger partial charge in [-0.05, 0) is 99.8 Å². The minimum atomic E-state index is -0.760. The van der Waals surface area contributed by atoms with E-state index in [1.54, 1.807) is 25.5 Å². The quantitative estimate of drug-likeness (QED) is 0.191. The van der Waals surface area contributed by atoms with Gasteiger partial charge in [-0.25, -0.2) is 9.79 Å². The Labute approximate surface area is 271 Å². The Morgan fingerprint density at radius 3 is 2.48 bits per heavy atom. The van der Waals surface area contributed by atoms with Crippen molar-refractivity contribution in [3.05, 3.63) is 120 Å². The zero-order chi connectivity index (χ0) is 32.7. The van der Waals surface area contributed by atoms with Crippen molar-refractivity contribution in [1.29, 1.82) is 0 Å². The third-order valence-electron chi connectivity index (χ3n) is 8.13. The predicted octanol–water partition coefficient (Wildman–Crippen LogP) is 6.15. The maximum atomic E-state index is 14.3. The molecule has 0 amide bonds. The molecular weight excluding hydrogens is 598 g/mol. The Morgan fingerprint density at radius 2 is 1.76 bits per heavy atom. The summed E-state index contributed by atoms with van der Waals surface area (Å²) >= 11 is 1.31. The van der Waals surface area contributed by atoms with Crippen LogP contribution < -0.4 is 24.4 Å². The molecule has 236 valence electrons. The van der Waals surface area contributed by atoms with Gasteiger partial charge < -0.3 is 18.8 Å². The second-order valence-corrected chi connectivity index (χ2v) is 12.6. The van der Waals surface area contributed by atoms with E-state index in [9.17, 15) is 9.59 Å². The molecule has 0 saturated carbocycles. The van der Waals surface area contributed by atoms with E-state index in [-0.39, 0.29) is 18.3 Å². The number of nitrogens with zero attached hydrogens (tertiary/aromatic N) is 3. The summed E-state index contributed by atoms with van der Waals surface area (Å²) in [5.41, 5.74) is 5.34. The maximum Gasteiger partial charge on any atom is 0.338 e. The lowest BCUT2D eigenvalue weighted by Crippen LogP contribution is -2.40. The Kier molecular flexibility index (Phi) is 8.44. The van der Waals surface area contributed by atoms with E-state index in [0.29, 0.717) is 37.7 Å². The minimum Gasteiger partial charge on any atom is -0.493 e. The summed E-state index contributed by atoms with van der Waals surface area (Å²) in [6, 6.07) is 21.5. The number of carbonyl (C=O) groups excluding carboxylic acids is 1. The highest BCUT2D eigenvalue weighted by Gasteiger charge is 2.34. The Morgan fingerprint density at radius 1 is 1.00 bits per heavy atom. The number of hydrogen-bond donors (Lipinski definition) is 0. The fraction of sp³-hybridized carbons (Fsp3) is 0.270. The molecule has 1 aliphatic rings. The summed E-state index contributed by atoms with van der Waals surface area (Å²) in [5.74, 6) is 0.574. The Balaban J connectivity index is 1.50. The van der Waals surface area contributed by atoms with Crippen molar-refractivity contribution in [1.82, 2.24) is 9.13 Å². The molecule has 3 aromatic carbocycles. The fourth-order valence-corrected chi connectivity index (χ4v) is 7.14. The summed E-state index contributed by atoms with van der Waals surface area (Å²) in [4.78, 5) is 32.9. The van der Waals surface area contributed by atoms with Crippen LogP contribution in [-0.2, 0) is 9.53 Å². The van der Waals surface area contributed by atoms with Gasteiger partial charge in [0.2, 0.25) is 0 Å². The largest absolute Gasteiger partial charge is 0.493 e. The third-order valence-corrected chi connectivity index (χ3v) is 9.11. The van der Waals surface area contributed by atoms with E-state index >= 15 is 0 Å². The summed E-state index contributed by atoms with van der Waals surface area (Å²) in [5, 5.41) is 2.34. The van der Waals surface area contributed by atoms with E-state index in [0.717, 1.165) is 28.0 Å². The topological polar surface area (TPSA) is 84.1 Å².